The zero-order valence-electron chi connectivity index (χ0n) is 20.0. The fourth-order valence-corrected chi connectivity index (χ4v) is 6.56. The molecule has 0 aromatic heterocycles. The van der Waals surface area contributed by atoms with Gasteiger partial charge in [-0.2, -0.15) is 0 Å². The predicted molar refractivity (Wildman–Crippen MR) is 123 cm³/mol. The molecule has 1 unspecified atom stereocenters. The van der Waals surface area contributed by atoms with Gasteiger partial charge in [-0.05, 0) is 62.2 Å². The number of hydrogen-bond donors (Lipinski definition) is 4. The molecule has 33 heavy (non-hydrogen) atoms. The molecular weight excluding hydrogens is 428 g/mol. The van der Waals surface area contributed by atoms with Crippen LogP contribution in [0.4, 0.5) is 0 Å². The van der Waals surface area contributed by atoms with Gasteiger partial charge in [0.2, 0.25) is 0 Å². The summed E-state index contributed by atoms with van der Waals surface area (Å²) in [5.74, 6) is -1.97. The number of carboxylic acids is 2. The molecule has 0 aromatic carbocycles. The number of hydrogen-bond acceptors (Lipinski definition) is 7. The lowest BCUT2D eigenvalue weighted by Crippen LogP contribution is -2.56. The molecule has 3 rings (SSSR count). The molecule has 3 fully saturated rings. The van der Waals surface area contributed by atoms with Crippen LogP contribution >= 0.6 is 0 Å². The third-order valence-corrected chi connectivity index (χ3v) is 8.25. The molecule has 9 nitrogen and oxygen atoms in total. The Bertz CT molecular complexity index is 730. The Labute approximate surface area is 195 Å². The van der Waals surface area contributed by atoms with Crippen molar-refractivity contribution >= 4 is 23.9 Å². The van der Waals surface area contributed by atoms with E-state index in [9.17, 15) is 9.90 Å². The number of aliphatic hydroxyl groups is 1. The lowest BCUT2D eigenvalue weighted by molar-refractivity contribution is -0.159. The summed E-state index contributed by atoms with van der Waals surface area (Å²) in [6.07, 6.45) is 9.44. The molecular formula is C24H40N2O7. The highest BCUT2D eigenvalue weighted by Gasteiger charge is 2.57. The standard InChI is InChI=1S/C22H38N2O3.C2H2O4/c1-4-8-21(2)9-7-18-17(20(21)26)6-5-16-12-19(25)15(13-22(16,18)3)14-24-27-11-10-23;3-1(4)2(5)6/h14-19,25H,4-13,23H2,1-3H3;(H,3,4)(H,5,6)/b24-14+;/t15?,16-,17-,18+,19-,21+,22+;/m1./s1. The molecule has 0 aromatic rings. The summed E-state index contributed by atoms with van der Waals surface area (Å²) in [7, 11) is 0. The van der Waals surface area contributed by atoms with Gasteiger partial charge in [0.15, 0.2) is 0 Å². The van der Waals surface area contributed by atoms with Crippen LogP contribution in [0.2, 0.25) is 0 Å². The zero-order chi connectivity index (χ0) is 24.8. The van der Waals surface area contributed by atoms with Crippen molar-refractivity contribution in [3.05, 3.63) is 0 Å². The Balaban J connectivity index is 0.000000569. The van der Waals surface area contributed by atoms with E-state index in [1.807, 2.05) is 0 Å². The van der Waals surface area contributed by atoms with Gasteiger partial charge in [0.05, 0.1) is 6.10 Å². The van der Waals surface area contributed by atoms with Crippen LogP contribution in [0.5, 0.6) is 0 Å². The van der Waals surface area contributed by atoms with Crippen LogP contribution in [0.1, 0.15) is 72.1 Å². The van der Waals surface area contributed by atoms with E-state index >= 15 is 0 Å². The fourth-order valence-electron chi connectivity index (χ4n) is 6.56. The molecule has 3 saturated carbocycles. The number of oxime groups is 1. The molecule has 9 heteroatoms. The number of carbonyl (C=O) groups excluding carboxylic acids is 1. The quantitative estimate of drug-likeness (QED) is 0.200. The summed E-state index contributed by atoms with van der Waals surface area (Å²) < 4.78 is 0. The molecule has 7 atom stereocenters. The number of nitrogens with zero attached hydrogens (tertiary/aromatic N) is 1. The van der Waals surface area contributed by atoms with Crippen molar-refractivity contribution in [2.24, 2.45) is 45.4 Å². The second kappa shape index (κ2) is 11.4. The number of aliphatic carboxylic acids is 2. The maximum Gasteiger partial charge on any atom is 0.414 e. The lowest BCUT2D eigenvalue weighted by Gasteiger charge is -2.58. The summed E-state index contributed by atoms with van der Waals surface area (Å²) in [6, 6.07) is 0. The smallest absolute Gasteiger partial charge is 0.414 e. The van der Waals surface area contributed by atoms with Crippen molar-refractivity contribution in [3.63, 3.8) is 0 Å². The molecule has 3 aliphatic carbocycles. The minimum atomic E-state index is -1.82. The summed E-state index contributed by atoms with van der Waals surface area (Å²) in [4.78, 5) is 36.7. The highest BCUT2D eigenvalue weighted by atomic mass is 16.6. The van der Waals surface area contributed by atoms with Gasteiger partial charge >= 0.3 is 11.9 Å². The van der Waals surface area contributed by atoms with Gasteiger partial charge < -0.3 is 25.9 Å². The van der Waals surface area contributed by atoms with E-state index in [1.165, 1.54) is 0 Å². The third-order valence-electron chi connectivity index (χ3n) is 8.25. The second-order valence-electron chi connectivity index (χ2n) is 10.4. The number of aliphatic hydroxyl groups excluding tert-OH is 1. The average molecular weight is 469 g/mol. The molecule has 0 spiro atoms. The minimum Gasteiger partial charge on any atom is -0.473 e. The molecule has 188 valence electrons. The van der Waals surface area contributed by atoms with Crippen molar-refractivity contribution in [2.45, 2.75) is 78.2 Å². The topological polar surface area (TPSA) is 160 Å². The highest BCUT2D eigenvalue weighted by Crippen LogP contribution is 2.61. The number of rotatable bonds is 6. The van der Waals surface area contributed by atoms with E-state index in [0.717, 1.165) is 51.4 Å². The molecule has 0 bridgehead atoms. The van der Waals surface area contributed by atoms with Gasteiger partial charge in [0.1, 0.15) is 12.4 Å². The first kappa shape index (κ1) is 27.2. The van der Waals surface area contributed by atoms with Crippen LogP contribution in [0, 0.1) is 34.5 Å². The van der Waals surface area contributed by atoms with Gasteiger partial charge in [-0.3, -0.25) is 4.79 Å². The monoisotopic (exact) mass is 468 g/mol. The highest BCUT2D eigenvalue weighted by molar-refractivity contribution is 6.27. The summed E-state index contributed by atoms with van der Waals surface area (Å²) in [5, 5.41) is 29.5. The molecule has 0 amide bonds. The normalized spacial score (nSPS) is 38.0. The minimum absolute atomic E-state index is 0.00169. The lowest BCUT2D eigenvalue weighted by atomic mass is 9.45. The van der Waals surface area contributed by atoms with Crippen molar-refractivity contribution in [3.8, 4) is 0 Å². The number of nitrogens with two attached hydrogens (primary N) is 1. The largest absolute Gasteiger partial charge is 0.473 e. The maximum atomic E-state index is 13.4. The molecule has 3 aliphatic rings. The van der Waals surface area contributed by atoms with E-state index in [4.69, 9.17) is 30.4 Å². The Hall–Kier alpha value is -2.00. The van der Waals surface area contributed by atoms with Crippen LogP contribution in [0.3, 0.4) is 0 Å². The first-order valence-corrected chi connectivity index (χ1v) is 12.0. The summed E-state index contributed by atoms with van der Waals surface area (Å²) in [5.41, 5.74) is 5.42. The number of Topliss-reactive ketones (excluding diaryl/α,β-unsaturated/α-hetero) is 1. The molecule has 0 heterocycles. The Morgan fingerprint density at radius 2 is 1.88 bits per heavy atom. The number of carboxylic acid groups (broad SMARTS) is 2. The molecule has 0 aliphatic heterocycles. The zero-order valence-corrected chi connectivity index (χ0v) is 20.0. The summed E-state index contributed by atoms with van der Waals surface area (Å²) >= 11 is 0. The third kappa shape index (κ3) is 6.12. The Kier molecular flexibility index (Phi) is 9.43. The maximum absolute atomic E-state index is 13.4. The summed E-state index contributed by atoms with van der Waals surface area (Å²) in [6.45, 7) is 7.58. The molecule has 0 saturated heterocycles. The fraction of sp³-hybridized carbons (Fsp3) is 0.833. The van der Waals surface area contributed by atoms with Crippen molar-refractivity contribution in [1.29, 1.82) is 0 Å². The average Bonchev–Trinajstić information content (AvgIpc) is 2.75. The second-order valence-corrected chi connectivity index (χ2v) is 10.4. The van der Waals surface area contributed by atoms with E-state index in [-0.39, 0.29) is 28.8 Å². The van der Waals surface area contributed by atoms with Crippen LogP contribution in [0.15, 0.2) is 5.16 Å². The van der Waals surface area contributed by atoms with Crippen LogP contribution in [-0.4, -0.2) is 58.5 Å². The van der Waals surface area contributed by atoms with E-state index in [1.54, 1.807) is 6.21 Å². The van der Waals surface area contributed by atoms with Crippen molar-refractivity contribution in [2.75, 3.05) is 13.2 Å². The van der Waals surface area contributed by atoms with Gasteiger partial charge in [-0.1, -0.05) is 32.3 Å². The van der Waals surface area contributed by atoms with Crippen LogP contribution < -0.4 is 5.73 Å². The van der Waals surface area contributed by atoms with Crippen LogP contribution in [0.25, 0.3) is 0 Å². The van der Waals surface area contributed by atoms with E-state index < -0.39 is 11.9 Å². The van der Waals surface area contributed by atoms with Crippen molar-refractivity contribution in [1.82, 2.24) is 0 Å². The number of ketones is 1. The first-order valence-electron chi connectivity index (χ1n) is 12.0. The van der Waals surface area contributed by atoms with E-state index in [0.29, 0.717) is 30.8 Å². The van der Waals surface area contributed by atoms with Crippen molar-refractivity contribution < 1.29 is 34.5 Å². The van der Waals surface area contributed by atoms with Gasteiger partial charge in [0.25, 0.3) is 0 Å². The van der Waals surface area contributed by atoms with Crippen LogP contribution in [-0.2, 0) is 19.2 Å². The molecule has 0 radical (unpaired) electrons. The van der Waals surface area contributed by atoms with Gasteiger partial charge in [-0.15, -0.1) is 0 Å². The van der Waals surface area contributed by atoms with Gasteiger partial charge in [0, 0.05) is 30.0 Å². The number of carbonyl (C=O) groups is 3. The Morgan fingerprint density at radius 1 is 1.21 bits per heavy atom. The molecule has 5 N–H and O–H groups in total. The Morgan fingerprint density at radius 3 is 2.45 bits per heavy atom. The first-order chi connectivity index (χ1) is 15.5. The van der Waals surface area contributed by atoms with Gasteiger partial charge in [-0.25, -0.2) is 9.59 Å². The van der Waals surface area contributed by atoms with E-state index in [2.05, 4.69) is 25.9 Å². The SMILES string of the molecule is CCC[C@@]1(C)CC[C@H]2[C@@H](CC[C@@H]3C[C@@H](O)C(/C=N/OCCN)C[C@@]32C)C1=O.O=C(O)C(=O)O. The number of fused-ring (bicyclic) bond motifs is 3. The predicted octanol–water partition coefficient (Wildman–Crippen LogP) is 2.69.